The maximum Gasteiger partial charge on any atom is 0.226 e. The molecule has 31 heavy (non-hydrogen) atoms. The van der Waals surface area contributed by atoms with Gasteiger partial charge in [0.1, 0.15) is 17.7 Å². The average molecular weight is 422 g/mol. The third kappa shape index (κ3) is 5.55. The monoisotopic (exact) mass is 421 g/mol. The molecule has 1 aliphatic heterocycles. The van der Waals surface area contributed by atoms with E-state index >= 15 is 0 Å². The van der Waals surface area contributed by atoms with Crippen LogP contribution in [0.4, 0.5) is 0 Å². The lowest BCUT2D eigenvalue weighted by atomic mass is 10.1. The van der Waals surface area contributed by atoms with E-state index in [2.05, 4.69) is 52.6 Å². The Bertz CT molecular complexity index is 956. The minimum Gasteiger partial charge on any atom is -0.468 e. The van der Waals surface area contributed by atoms with Crippen LogP contribution in [0.5, 0.6) is 0 Å². The fourth-order valence-electron chi connectivity index (χ4n) is 3.85. The van der Waals surface area contributed by atoms with Crippen LogP contribution >= 0.6 is 0 Å². The number of nitrogens with zero attached hydrogens (tertiary/aromatic N) is 3. The molecule has 0 aliphatic carbocycles. The van der Waals surface area contributed by atoms with Gasteiger partial charge in [-0.3, -0.25) is 4.90 Å². The van der Waals surface area contributed by atoms with Crippen LogP contribution in [-0.4, -0.2) is 42.0 Å². The molecule has 2 N–H and O–H groups in total. The molecule has 1 fully saturated rings. The second-order valence-electron chi connectivity index (χ2n) is 7.86. The number of rotatable bonds is 8. The number of nitrogens with one attached hydrogen (secondary N) is 2. The fourth-order valence-corrected chi connectivity index (χ4v) is 3.85. The maximum atomic E-state index is 5.72. The van der Waals surface area contributed by atoms with Crippen LogP contribution in [0.15, 0.2) is 62.8 Å². The van der Waals surface area contributed by atoms with E-state index in [0.29, 0.717) is 12.4 Å². The van der Waals surface area contributed by atoms with Crippen molar-refractivity contribution in [3.8, 4) is 11.5 Å². The van der Waals surface area contributed by atoms with Gasteiger partial charge >= 0.3 is 0 Å². The Morgan fingerprint density at radius 2 is 1.94 bits per heavy atom. The van der Waals surface area contributed by atoms with Crippen molar-refractivity contribution < 1.29 is 8.83 Å². The molecule has 0 spiro atoms. The summed E-state index contributed by atoms with van der Waals surface area (Å²) in [6.07, 6.45) is 5.90. The number of benzene rings is 1. The van der Waals surface area contributed by atoms with Crippen LogP contribution in [0.3, 0.4) is 0 Å². The third-order valence-electron chi connectivity index (χ3n) is 5.51. The van der Waals surface area contributed by atoms with Gasteiger partial charge in [-0.15, -0.1) is 0 Å². The van der Waals surface area contributed by atoms with E-state index in [-0.39, 0.29) is 6.04 Å². The van der Waals surface area contributed by atoms with Gasteiger partial charge < -0.3 is 19.5 Å². The molecule has 0 saturated carbocycles. The summed E-state index contributed by atoms with van der Waals surface area (Å²) >= 11 is 0. The first-order valence-electron chi connectivity index (χ1n) is 11.0. The number of likely N-dealkylation sites (tertiary alicyclic amines) is 1. The molecule has 164 valence electrons. The minimum atomic E-state index is 0.196. The van der Waals surface area contributed by atoms with E-state index in [0.717, 1.165) is 49.2 Å². The van der Waals surface area contributed by atoms with Gasteiger partial charge in [0.05, 0.1) is 18.8 Å². The number of aliphatic imine (C=N–C) groups is 1. The second-order valence-corrected chi connectivity index (χ2v) is 7.86. The Kier molecular flexibility index (Phi) is 7.04. The van der Waals surface area contributed by atoms with Crippen molar-refractivity contribution >= 4 is 5.96 Å². The summed E-state index contributed by atoms with van der Waals surface area (Å²) in [6.45, 7) is 8.28. The zero-order valence-electron chi connectivity index (χ0n) is 18.3. The highest BCUT2D eigenvalue weighted by atomic mass is 16.3. The Hall–Kier alpha value is -3.06. The minimum absolute atomic E-state index is 0.196. The predicted octanol–water partition coefficient (Wildman–Crippen LogP) is 4.14. The van der Waals surface area contributed by atoms with E-state index in [1.165, 1.54) is 18.4 Å². The first kappa shape index (κ1) is 21.2. The topological polar surface area (TPSA) is 78.8 Å². The standard InChI is InChI=1S/C24H31N5O2/c1-3-25-24(27-16-21(22-7-6-14-30-22)29-12-4-5-13-29)26-15-20-17-31-23(28-20)19-10-8-18(2)9-11-19/h6-11,14,17,21H,3-5,12-13,15-16H2,1-2H3,(H2,25,26,27). The summed E-state index contributed by atoms with van der Waals surface area (Å²) in [7, 11) is 0. The van der Waals surface area contributed by atoms with Gasteiger partial charge in [-0.25, -0.2) is 9.98 Å². The summed E-state index contributed by atoms with van der Waals surface area (Å²) < 4.78 is 11.4. The average Bonchev–Trinajstić information content (AvgIpc) is 3.56. The molecule has 0 bridgehead atoms. The van der Waals surface area contributed by atoms with Crippen molar-refractivity contribution in [3.05, 3.63) is 65.9 Å². The largest absolute Gasteiger partial charge is 0.468 e. The summed E-state index contributed by atoms with van der Waals surface area (Å²) in [4.78, 5) is 11.8. The number of oxazole rings is 1. The van der Waals surface area contributed by atoms with Crippen molar-refractivity contribution in [2.24, 2.45) is 4.99 Å². The Morgan fingerprint density at radius 3 is 2.65 bits per heavy atom. The Balaban J connectivity index is 1.40. The van der Waals surface area contributed by atoms with Gasteiger partial charge in [0.15, 0.2) is 5.96 Å². The third-order valence-corrected chi connectivity index (χ3v) is 5.51. The predicted molar refractivity (Wildman–Crippen MR) is 122 cm³/mol. The zero-order chi connectivity index (χ0) is 21.5. The lowest BCUT2D eigenvalue weighted by Crippen LogP contribution is -2.42. The lowest BCUT2D eigenvalue weighted by molar-refractivity contribution is 0.215. The second kappa shape index (κ2) is 10.3. The normalized spacial score (nSPS) is 15.9. The van der Waals surface area contributed by atoms with Gasteiger partial charge in [0.2, 0.25) is 5.89 Å². The first-order chi connectivity index (χ1) is 15.2. The molecule has 0 radical (unpaired) electrons. The van der Waals surface area contributed by atoms with Crippen molar-refractivity contribution in [2.45, 2.75) is 39.3 Å². The van der Waals surface area contributed by atoms with Crippen LogP contribution in [0.2, 0.25) is 0 Å². The molecule has 3 heterocycles. The highest BCUT2D eigenvalue weighted by Gasteiger charge is 2.25. The quantitative estimate of drug-likeness (QED) is 0.420. The summed E-state index contributed by atoms with van der Waals surface area (Å²) in [6, 6.07) is 12.4. The van der Waals surface area contributed by atoms with Crippen molar-refractivity contribution in [1.29, 1.82) is 0 Å². The fraction of sp³-hybridized carbons (Fsp3) is 0.417. The first-order valence-corrected chi connectivity index (χ1v) is 11.0. The molecule has 7 heteroatoms. The summed E-state index contributed by atoms with van der Waals surface area (Å²) in [5.74, 6) is 2.37. The molecule has 1 atom stereocenters. The van der Waals surface area contributed by atoms with Crippen LogP contribution in [0.1, 0.15) is 42.8 Å². The molecular formula is C24H31N5O2. The van der Waals surface area contributed by atoms with E-state index in [1.807, 2.05) is 18.2 Å². The summed E-state index contributed by atoms with van der Waals surface area (Å²) in [5.41, 5.74) is 2.98. The van der Waals surface area contributed by atoms with Gasteiger partial charge in [0.25, 0.3) is 0 Å². The van der Waals surface area contributed by atoms with E-state index in [1.54, 1.807) is 12.5 Å². The van der Waals surface area contributed by atoms with Gasteiger partial charge in [-0.05, 0) is 64.0 Å². The molecule has 1 saturated heterocycles. The van der Waals surface area contributed by atoms with Crippen LogP contribution < -0.4 is 10.6 Å². The Labute approximate surface area is 183 Å². The molecule has 1 unspecified atom stereocenters. The number of hydrogen-bond donors (Lipinski definition) is 2. The molecule has 2 aromatic heterocycles. The number of guanidine groups is 1. The number of hydrogen-bond acceptors (Lipinski definition) is 5. The Morgan fingerprint density at radius 1 is 1.13 bits per heavy atom. The molecule has 1 aliphatic rings. The van der Waals surface area contributed by atoms with Gasteiger partial charge in [-0.1, -0.05) is 17.7 Å². The molecule has 4 rings (SSSR count). The SMILES string of the molecule is CCNC(=NCc1coc(-c2ccc(C)cc2)n1)NCC(c1ccco1)N1CCCC1. The molecular weight excluding hydrogens is 390 g/mol. The van der Waals surface area contributed by atoms with E-state index in [4.69, 9.17) is 13.8 Å². The molecule has 7 nitrogen and oxygen atoms in total. The van der Waals surface area contributed by atoms with Crippen molar-refractivity contribution in [2.75, 3.05) is 26.2 Å². The van der Waals surface area contributed by atoms with E-state index in [9.17, 15) is 0 Å². The number of furan rings is 1. The molecule has 3 aromatic rings. The lowest BCUT2D eigenvalue weighted by Gasteiger charge is -2.26. The smallest absolute Gasteiger partial charge is 0.226 e. The van der Waals surface area contributed by atoms with Gasteiger partial charge in [0, 0.05) is 18.7 Å². The number of aryl methyl sites for hydroxylation is 1. The molecule has 1 aromatic carbocycles. The highest BCUT2D eigenvalue weighted by molar-refractivity contribution is 5.79. The number of aromatic nitrogens is 1. The van der Waals surface area contributed by atoms with Crippen LogP contribution in [-0.2, 0) is 6.54 Å². The van der Waals surface area contributed by atoms with Crippen LogP contribution in [0, 0.1) is 6.92 Å². The maximum absolute atomic E-state index is 5.72. The zero-order valence-corrected chi connectivity index (χ0v) is 18.3. The van der Waals surface area contributed by atoms with Gasteiger partial charge in [-0.2, -0.15) is 0 Å². The van der Waals surface area contributed by atoms with Crippen LogP contribution in [0.25, 0.3) is 11.5 Å². The van der Waals surface area contributed by atoms with Crippen molar-refractivity contribution in [3.63, 3.8) is 0 Å². The van der Waals surface area contributed by atoms with Crippen molar-refractivity contribution in [1.82, 2.24) is 20.5 Å². The molecule has 0 amide bonds. The summed E-state index contributed by atoms with van der Waals surface area (Å²) in [5, 5.41) is 6.80. The highest BCUT2D eigenvalue weighted by Crippen LogP contribution is 2.25. The van der Waals surface area contributed by atoms with E-state index < -0.39 is 0 Å².